The molecule has 0 atom stereocenters. The molecule has 1 aromatic heterocycles. The van der Waals surface area contributed by atoms with E-state index >= 15 is 0 Å². The highest BCUT2D eigenvalue weighted by Gasteiger charge is 2.25. The van der Waals surface area contributed by atoms with Crippen molar-refractivity contribution in [2.45, 2.75) is 20.3 Å². The van der Waals surface area contributed by atoms with Gasteiger partial charge in [-0.15, -0.1) is 16.8 Å². The van der Waals surface area contributed by atoms with E-state index in [4.69, 9.17) is 0 Å². The number of aromatic nitrogens is 2. The predicted molar refractivity (Wildman–Crippen MR) is 122 cm³/mol. The number of nitrogens with zero attached hydrogens (tertiary/aromatic N) is 5. The third-order valence-corrected chi connectivity index (χ3v) is 5.29. The molecular weight excluding hydrogens is 390 g/mol. The van der Waals surface area contributed by atoms with Crippen molar-refractivity contribution in [1.82, 2.24) is 20.0 Å². The minimum atomic E-state index is -0.0240. The van der Waals surface area contributed by atoms with E-state index in [1.807, 2.05) is 61.2 Å². The van der Waals surface area contributed by atoms with Crippen LogP contribution >= 0.6 is 0 Å². The molecule has 2 amide bonds. The standard InChI is InChI=1S/C24H31N5O2/c1-4-12-29(23(30)17-19(2)3)18-24(31)28-15-13-27(14-16-28)22-11-10-21(25-26-22)20-8-6-5-7-9-20/h4-11,19H,1,12-18H2,2-3H3. The largest absolute Gasteiger partial charge is 0.352 e. The van der Waals surface area contributed by atoms with E-state index < -0.39 is 0 Å². The molecule has 2 aromatic rings. The van der Waals surface area contributed by atoms with Crippen molar-refractivity contribution < 1.29 is 9.59 Å². The zero-order valence-electron chi connectivity index (χ0n) is 18.4. The van der Waals surface area contributed by atoms with E-state index in [-0.39, 0.29) is 24.3 Å². The van der Waals surface area contributed by atoms with E-state index in [0.717, 1.165) is 17.1 Å². The summed E-state index contributed by atoms with van der Waals surface area (Å²) in [5, 5.41) is 8.74. The SMILES string of the molecule is C=CCN(CC(=O)N1CCN(c2ccc(-c3ccccc3)nn2)CC1)C(=O)CC(C)C. The Hall–Kier alpha value is -3.22. The quantitative estimate of drug-likeness (QED) is 0.613. The molecule has 164 valence electrons. The molecule has 31 heavy (non-hydrogen) atoms. The highest BCUT2D eigenvalue weighted by molar-refractivity contribution is 5.85. The molecule has 1 saturated heterocycles. The molecule has 7 nitrogen and oxygen atoms in total. The lowest BCUT2D eigenvalue weighted by molar-refractivity contribution is -0.140. The summed E-state index contributed by atoms with van der Waals surface area (Å²) >= 11 is 0. The number of amides is 2. The van der Waals surface area contributed by atoms with Gasteiger partial charge in [0.15, 0.2) is 5.82 Å². The topological polar surface area (TPSA) is 69.6 Å². The number of benzene rings is 1. The van der Waals surface area contributed by atoms with E-state index in [1.54, 1.807) is 11.0 Å². The van der Waals surface area contributed by atoms with Gasteiger partial charge < -0.3 is 14.7 Å². The molecular formula is C24H31N5O2. The van der Waals surface area contributed by atoms with E-state index in [1.165, 1.54) is 0 Å². The van der Waals surface area contributed by atoms with Crippen LogP contribution < -0.4 is 4.90 Å². The average molecular weight is 422 g/mol. The van der Waals surface area contributed by atoms with Crippen molar-refractivity contribution in [2.75, 3.05) is 44.2 Å². The third-order valence-electron chi connectivity index (χ3n) is 5.29. The van der Waals surface area contributed by atoms with Crippen molar-refractivity contribution in [2.24, 2.45) is 5.92 Å². The van der Waals surface area contributed by atoms with Gasteiger partial charge >= 0.3 is 0 Å². The maximum Gasteiger partial charge on any atom is 0.242 e. The summed E-state index contributed by atoms with van der Waals surface area (Å²) in [6, 6.07) is 13.9. The van der Waals surface area contributed by atoms with Gasteiger partial charge in [0.2, 0.25) is 11.8 Å². The van der Waals surface area contributed by atoms with Crippen LogP contribution in [0.15, 0.2) is 55.1 Å². The molecule has 1 aromatic carbocycles. The first-order valence-electron chi connectivity index (χ1n) is 10.8. The van der Waals surface area contributed by atoms with Gasteiger partial charge in [0.1, 0.15) is 6.54 Å². The van der Waals surface area contributed by atoms with Crippen LogP contribution in [0, 0.1) is 5.92 Å². The summed E-state index contributed by atoms with van der Waals surface area (Å²) in [5.41, 5.74) is 1.87. The molecule has 1 aliphatic rings. The van der Waals surface area contributed by atoms with Crippen LogP contribution in [-0.2, 0) is 9.59 Å². The van der Waals surface area contributed by atoms with Crippen LogP contribution in [0.25, 0.3) is 11.3 Å². The molecule has 0 spiro atoms. The Kier molecular flexibility index (Phi) is 7.76. The number of carbonyl (C=O) groups is 2. The second kappa shape index (κ2) is 10.7. The van der Waals surface area contributed by atoms with E-state index in [0.29, 0.717) is 39.1 Å². The second-order valence-electron chi connectivity index (χ2n) is 8.17. The molecule has 1 fully saturated rings. The van der Waals surface area contributed by atoms with Crippen LogP contribution in [0.2, 0.25) is 0 Å². The van der Waals surface area contributed by atoms with Crippen LogP contribution in [-0.4, -0.2) is 71.1 Å². The Morgan fingerprint density at radius 2 is 1.77 bits per heavy atom. The molecule has 0 N–H and O–H groups in total. The lowest BCUT2D eigenvalue weighted by Gasteiger charge is -2.36. The van der Waals surface area contributed by atoms with E-state index in [2.05, 4.69) is 21.7 Å². The Morgan fingerprint density at radius 3 is 2.35 bits per heavy atom. The third kappa shape index (κ3) is 6.13. The fourth-order valence-corrected chi connectivity index (χ4v) is 3.59. The Bertz CT molecular complexity index is 875. The second-order valence-corrected chi connectivity index (χ2v) is 8.17. The highest BCUT2D eigenvalue weighted by atomic mass is 16.2. The maximum absolute atomic E-state index is 12.8. The van der Waals surface area contributed by atoms with E-state index in [9.17, 15) is 9.59 Å². The van der Waals surface area contributed by atoms with Gasteiger partial charge in [0.25, 0.3) is 0 Å². The number of hydrogen-bond acceptors (Lipinski definition) is 5. The summed E-state index contributed by atoms with van der Waals surface area (Å²) in [6.07, 6.45) is 2.10. The average Bonchev–Trinajstić information content (AvgIpc) is 2.79. The van der Waals surface area contributed by atoms with Gasteiger partial charge in [0.05, 0.1) is 5.69 Å². The van der Waals surface area contributed by atoms with Gasteiger partial charge in [-0.1, -0.05) is 50.3 Å². The van der Waals surface area contributed by atoms with Gasteiger partial charge in [-0.05, 0) is 18.1 Å². The first kappa shape index (κ1) is 22.5. The molecule has 0 radical (unpaired) electrons. The van der Waals surface area contributed by atoms with Crippen LogP contribution in [0.3, 0.4) is 0 Å². The molecule has 0 aliphatic carbocycles. The normalized spacial score (nSPS) is 13.9. The van der Waals surface area contributed by atoms with Crippen molar-refractivity contribution in [1.29, 1.82) is 0 Å². The van der Waals surface area contributed by atoms with Crippen molar-refractivity contribution >= 4 is 17.6 Å². The lowest BCUT2D eigenvalue weighted by atomic mass is 10.1. The first-order valence-corrected chi connectivity index (χ1v) is 10.8. The summed E-state index contributed by atoms with van der Waals surface area (Å²) in [4.78, 5) is 30.7. The minimum absolute atomic E-state index is 0.00401. The first-order chi connectivity index (χ1) is 15.0. The molecule has 7 heteroatoms. The van der Waals surface area contributed by atoms with Crippen molar-refractivity contribution in [3.8, 4) is 11.3 Å². The molecule has 0 saturated carbocycles. The minimum Gasteiger partial charge on any atom is -0.352 e. The number of anilines is 1. The Balaban J connectivity index is 1.54. The van der Waals surface area contributed by atoms with Gasteiger partial charge in [-0.25, -0.2) is 0 Å². The molecule has 1 aliphatic heterocycles. The lowest BCUT2D eigenvalue weighted by Crippen LogP contribution is -2.52. The molecule has 0 bridgehead atoms. The molecule has 3 rings (SSSR count). The summed E-state index contributed by atoms with van der Waals surface area (Å²) in [5.74, 6) is 1.04. The Morgan fingerprint density at radius 1 is 1.06 bits per heavy atom. The number of hydrogen-bond donors (Lipinski definition) is 0. The maximum atomic E-state index is 12.8. The van der Waals surface area contributed by atoms with Crippen molar-refractivity contribution in [3.63, 3.8) is 0 Å². The number of rotatable bonds is 8. The fraction of sp³-hybridized carbons (Fsp3) is 0.417. The highest BCUT2D eigenvalue weighted by Crippen LogP contribution is 2.19. The van der Waals surface area contributed by atoms with Gasteiger partial charge in [-0.2, -0.15) is 0 Å². The van der Waals surface area contributed by atoms with Crippen LogP contribution in [0.1, 0.15) is 20.3 Å². The number of carbonyl (C=O) groups excluding carboxylic acids is 2. The summed E-state index contributed by atoms with van der Waals surface area (Å²) < 4.78 is 0. The molecule has 2 heterocycles. The van der Waals surface area contributed by atoms with Crippen molar-refractivity contribution in [3.05, 3.63) is 55.1 Å². The predicted octanol–water partition coefficient (Wildman–Crippen LogP) is 2.85. The zero-order chi connectivity index (χ0) is 22.2. The Labute approximate surface area is 184 Å². The zero-order valence-corrected chi connectivity index (χ0v) is 18.4. The smallest absolute Gasteiger partial charge is 0.242 e. The van der Waals surface area contributed by atoms with Crippen LogP contribution in [0.5, 0.6) is 0 Å². The molecule has 0 unspecified atom stereocenters. The van der Waals surface area contributed by atoms with Crippen LogP contribution in [0.4, 0.5) is 5.82 Å². The number of piperazine rings is 1. The summed E-state index contributed by atoms with van der Waals surface area (Å²) in [6.45, 7) is 10.8. The van der Waals surface area contributed by atoms with Gasteiger partial charge in [0, 0.05) is 44.7 Å². The fourth-order valence-electron chi connectivity index (χ4n) is 3.59. The monoisotopic (exact) mass is 421 g/mol. The van der Waals surface area contributed by atoms with Gasteiger partial charge in [-0.3, -0.25) is 9.59 Å². The summed E-state index contributed by atoms with van der Waals surface area (Å²) in [7, 11) is 0.